The molecule has 6 heteroatoms. The molecule has 0 unspecified atom stereocenters. The van der Waals surface area contributed by atoms with Gasteiger partial charge in [0.05, 0.1) is 18.5 Å². The van der Waals surface area contributed by atoms with Gasteiger partial charge >= 0.3 is 0 Å². The molecule has 0 spiro atoms. The van der Waals surface area contributed by atoms with Gasteiger partial charge in [-0.3, -0.25) is 4.79 Å². The number of amides is 1. The molecule has 0 aromatic carbocycles. The molecule has 0 radical (unpaired) electrons. The quantitative estimate of drug-likeness (QED) is 0.754. The van der Waals surface area contributed by atoms with Gasteiger partial charge in [-0.15, -0.1) is 11.6 Å². The lowest BCUT2D eigenvalue weighted by molar-refractivity contribution is -0.130. The maximum atomic E-state index is 11.8. The van der Waals surface area contributed by atoms with E-state index in [2.05, 4.69) is 4.98 Å². The number of imidazole rings is 1. The van der Waals surface area contributed by atoms with Crippen LogP contribution < -0.4 is 0 Å². The Hall–Kier alpha value is -1.07. The fraction of sp³-hybridized carbons (Fsp3) is 0.636. The summed E-state index contributed by atoms with van der Waals surface area (Å²) in [4.78, 5) is 17.6. The molecule has 2 rings (SSSR count). The maximum Gasteiger partial charge on any atom is 0.223 e. The number of nitrogens with zero attached hydrogens (tertiary/aromatic N) is 3. The monoisotopic (exact) mass is 257 g/mol. The number of aromatic nitrogens is 2. The van der Waals surface area contributed by atoms with Crippen molar-refractivity contribution in [3.05, 3.63) is 18.7 Å². The van der Waals surface area contributed by atoms with E-state index in [0.717, 1.165) is 0 Å². The highest BCUT2D eigenvalue weighted by Crippen LogP contribution is 2.24. The molecule has 1 aliphatic rings. The van der Waals surface area contributed by atoms with E-state index in [1.54, 1.807) is 24.5 Å². The van der Waals surface area contributed by atoms with Crippen molar-refractivity contribution in [3.8, 4) is 0 Å². The van der Waals surface area contributed by atoms with Gasteiger partial charge in [0.25, 0.3) is 0 Å². The molecule has 2 heterocycles. The van der Waals surface area contributed by atoms with E-state index in [1.807, 2.05) is 10.8 Å². The van der Waals surface area contributed by atoms with E-state index in [4.69, 9.17) is 16.3 Å². The van der Waals surface area contributed by atoms with Crippen molar-refractivity contribution in [1.29, 1.82) is 0 Å². The Kier molecular flexibility index (Phi) is 4.02. The van der Waals surface area contributed by atoms with Gasteiger partial charge in [0.1, 0.15) is 0 Å². The smallest absolute Gasteiger partial charge is 0.223 e. The zero-order chi connectivity index (χ0) is 12.3. The Morgan fingerprint density at radius 3 is 3.00 bits per heavy atom. The van der Waals surface area contributed by atoms with Crippen LogP contribution in [0.1, 0.15) is 12.5 Å². The molecule has 1 saturated heterocycles. The van der Waals surface area contributed by atoms with Crippen LogP contribution in [0, 0.1) is 0 Å². The molecule has 1 aromatic heterocycles. The summed E-state index contributed by atoms with van der Waals surface area (Å²) in [5, 5.41) is 0. The standard InChI is InChI=1S/C11H16ClN3O2/c1-17-10-7-15(11(16)2-3-12)6-9(10)14-5-4-13-8-14/h4-5,8-10H,2-3,6-7H2,1H3/t9-,10-/m1/s1. The number of carbonyl (C=O) groups is 1. The van der Waals surface area contributed by atoms with Crippen LogP contribution in [-0.2, 0) is 9.53 Å². The molecule has 0 bridgehead atoms. The number of hydrogen-bond acceptors (Lipinski definition) is 3. The minimum absolute atomic E-state index is 0.0171. The molecular formula is C11H16ClN3O2. The van der Waals surface area contributed by atoms with Crippen molar-refractivity contribution < 1.29 is 9.53 Å². The molecule has 94 valence electrons. The van der Waals surface area contributed by atoms with Crippen LogP contribution in [0.5, 0.6) is 0 Å². The van der Waals surface area contributed by atoms with Crippen molar-refractivity contribution in [2.45, 2.75) is 18.6 Å². The molecule has 0 saturated carbocycles. The van der Waals surface area contributed by atoms with E-state index in [1.165, 1.54) is 0 Å². The van der Waals surface area contributed by atoms with Gasteiger partial charge in [0.15, 0.2) is 0 Å². The van der Waals surface area contributed by atoms with Crippen molar-refractivity contribution in [1.82, 2.24) is 14.5 Å². The van der Waals surface area contributed by atoms with Crippen LogP contribution in [0.3, 0.4) is 0 Å². The number of halogens is 1. The maximum absolute atomic E-state index is 11.8. The number of likely N-dealkylation sites (tertiary alicyclic amines) is 1. The van der Waals surface area contributed by atoms with Crippen molar-refractivity contribution in [2.24, 2.45) is 0 Å². The third kappa shape index (κ3) is 2.61. The number of ether oxygens (including phenoxy) is 1. The lowest BCUT2D eigenvalue weighted by atomic mass is 10.2. The summed E-state index contributed by atoms with van der Waals surface area (Å²) >= 11 is 5.59. The first-order valence-corrected chi connectivity index (χ1v) is 6.13. The highest BCUT2D eigenvalue weighted by Gasteiger charge is 2.35. The summed E-state index contributed by atoms with van der Waals surface area (Å²) in [5.41, 5.74) is 0. The highest BCUT2D eigenvalue weighted by atomic mass is 35.5. The number of carbonyl (C=O) groups excluding carboxylic acids is 1. The number of methoxy groups -OCH3 is 1. The van der Waals surface area contributed by atoms with Gasteiger partial charge in [0, 0.05) is 44.9 Å². The van der Waals surface area contributed by atoms with Crippen LogP contribution in [0.2, 0.25) is 0 Å². The summed E-state index contributed by atoms with van der Waals surface area (Å²) in [6.07, 6.45) is 5.78. The zero-order valence-electron chi connectivity index (χ0n) is 9.75. The van der Waals surface area contributed by atoms with Gasteiger partial charge in [0.2, 0.25) is 5.91 Å². The average molecular weight is 258 g/mol. The van der Waals surface area contributed by atoms with Crippen molar-refractivity contribution in [3.63, 3.8) is 0 Å². The fourth-order valence-electron chi connectivity index (χ4n) is 2.18. The Labute approximate surface area is 105 Å². The molecule has 17 heavy (non-hydrogen) atoms. The van der Waals surface area contributed by atoms with Crippen LogP contribution in [0.25, 0.3) is 0 Å². The van der Waals surface area contributed by atoms with Crippen LogP contribution in [-0.4, -0.2) is 52.5 Å². The first-order valence-electron chi connectivity index (χ1n) is 5.60. The third-order valence-electron chi connectivity index (χ3n) is 3.11. The van der Waals surface area contributed by atoms with Gasteiger partial charge in [-0.25, -0.2) is 4.98 Å². The molecule has 1 aromatic rings. The molecule has 0 aliphatic carbocycles. The van der Waals surface area contributed by atoms with E-state index in [9.17, 15) is 4.79 Å². The third-order valence-corrected chi connectivity index (χ3v) is 3.30. The summed E-state index contributed by atoms with van der Waals surface area (Å²) in [5.74, 6) is 0.451. The van der Waals surface area contributed by atoms with E-state index >= 15 is 0 Å². The van der Waals surface area contributed by atoms with Crippen molar-refractivity contribution in [2.75, 3.05) is 26.1 Å². The number of alkyl halides is 1. The first-order chi connectivity index (χ1) is 8.26. The topological polar surface area (TPSA) is 47.4 Å². The number of hydrogen-bond donors (Lipinski definition) is 0. The predicted molar refractivity (Wildman–Crippen MR) is 64.0 cm³/mol. The Morgan fingerprint density at radius 1 is 1.59 bits per heavy atom. The van der Waals surface area contributed by atoms with E-state index < -0.39 is 0 Å². The summed E-state index contributed by atoms with van der Waals surface area (Å²) in [6, 6.07) is 0.141. The molecule has 0 N–H and O–H groups in total. The molecule has 1 fully saturated rings. The second kappa shape index (κ2) is 5.51. The van der Waals surface area contributed by atoms with Gasteiger partial charge in [-0.2, -0.15) is 0 Å². The first kappa shape index (κ1) is 12.4. The molecule has 1 aliphatic heterocycles. The summed E-state index contributed by atoms with van der Waals surface area (Å²) in [6.45, 7) is 1.28. The molecule has 5 nitrogen and oxygen atoms in total. The Balaban J connectivity index is 2.06. The predicted octanol–water partition coefficient (Wildman–Crippen LogP) is 0.910. The molecular weight excluding hydrogens is 242 g/mol. The van der Waals surface area contributed by atoms with E-state index in [0.29, 0.717) is 25.4 Å². The molecule has 2 atom stereocenters. The zero-order valence-corrected chi connectivity index (χ0v) is 10.5. The second-order valence-electron chi connectivity index (χ2n) is 4.09. The van der Waals surface area contributed by atoms with Crippen LogP contribution in [0.15, 0.2) is 18.7 Å². The van der Waals surface area contributed by atoms with Crippen LogP contribution in [0.4, 0.5) is 0 Å². The van der Waals surface area contributed by atoms with Gasteiger partial charge in [-0.05, 0) is 0 Å². The van der Waals surface area contributed by atoms with Gasteiger partial charge in [-0.1, -0.05) is 0 Å². The van der Waals surface area contributed by atoms with Gasteiger partial charge < -0.3 is 14.2 Å². The largest absolute Gasteiger partial charge is 0.377 e. The lowest BCUT2D eigenvalue weighted by Crippen LogP contribution is -2.29. The van der Waals surface area contributed by atoms with Crippen molar-refractivity contribution >= 4 is 17.5 Å². The normalized spacial score (nSPS) is 24.2. The number of rotatable bonds is 4. The lowest BCUT2D eigenvalue weighted by Gasteiger charge is -2.17. The second-order valence-corrected chi connectivity index (χ2v) is 4.47. The van der Waals surface area contributed by atoms with E-state index in [-0.39, 0.29) is 18.1 Å². The summed E-state index contributed by atoms with van der Waals surface area (Å²) in [7, 11) is 1.67. The average Bonchev–Trinajstić information content (AvgIpc) is 2.97. The van der Waals surface area contributed by atoms with Crippen LogP contribution >= 0.6 is 11.6 Å². The molecule has 1 amide bonds. The SMILES string of the molecule is CO[C@@H]1CN(C(=O)CCCl)C[C@H]1n1ccnc1. The Bertz CT molecular complexity index is 369. The Morgan fingerprint density at radius 2 is 2.41 bits per heavy atom. The highest BCUT2D eigenvalue weighted by molar-refractivity contribution is 6.18. The minimum atomic E-state index is 0.0171. The minimum Gasteiger partial charge on any atom is -0.377 e. The summed E-state index contributed by atoms with van der Waals surface area (Å²) < 4.78 is 7.42. The fourth-order valence-corrected chi connectivity index (χ4v) is 2.34.